The Hall–Kier alpha value is -1.36. The van der Waals surface area contributed by atoms with Gasteiger partial charge in [-0.05, 0) is 13.3 Å². The van der Waals surface area contributed by atoms with Gasteiger partial charge in [-0.2, -0.15) is 0 Å². The van der Waals surface area contributed by atoms with Crippen LogP contribution in [0, 0.1) is 0 Å². The van der Waals surface area contributed by atoms with Crippen molar-refractivity contribution >= 4 is 11.7 Å². The van der Waals surface area contributed by atoms with Crippen LogP contribution in [0.5, 0.6) is 0 Å². The van der Waals surface area contributed by atoms with Gasteiger partial charge < -0.3 is 15.6 Å². The number of carbonyl (C=O) groups is 1. The third-order valence-corrected chi connectivity index (χ3v) is 1.86. The number of ether oxygens (including phenoxy) is 1. The number of carbonyl (C=O) groups excluding carboxylic acids is 1. The van der Waals surface area contributed by atoms with Crippen molar-refractivity contribution in [3.63, 3.8) is 0 Å². The van der Waals surface area contributed by atoms with E-state index >= 15 is 0 Å². The average Bonchev–Trinajstić information content (AvgIpc) is 2.22. The van der Waals surface area contributed by atoms with Crippen molar-refractivity contribution in [2.75, 3.05) is 20.8 Å². The van der Waals surface area contributed by atoms with Crippen molar-refractivity contribution < 1.29 is 14.6 Å². The van der Waals surface area contributed by atoms with E-state index in [2.05, 4.69) is 9.73 Å². The molecule has 0 aromatic carbocycles. The number of aliphatic imine (C=N–C) groups is 1. The molecular weight excluding hydrogens is 184 g/mol. The lowest BCUT2D eigenvalue weighted by molar-refractivity contribution is -0.136. The minimum atomic E-state index is -0.601. The molecule has 0 atom stereocenters. The second kappa shape index (κ2) is 6.15. The van der Waals surface area contributed by atoms with E-state index in [4.69, 9.17) is 10.8 Å². The number of esters is 1. The van der Waals surface area contributed by atoms with E-state index in [0.29, 0.717) is 17.7 Å². The highest BCUT2D eigenvalue weighted by atomic mass is 16.5. The third kappa shape index (κ3) is 3.18. The molecule has 0 unspecified atom stereocenters. The first-order valence-corrected chi connectivity index (χ1v) is 4.20. The Morgan fingerprint density at radius 3 is 2.50 bits per heavy atom. The fourth-order valence-corrected chi connectivity index (χ4v) is 0.990. The van der Waals surface area contributed by atoms with Crippen LogP contribution in [0.4, 0.5) is 0 Å². The molecule has 0 rings (SSSR count). The summed E-state index contributed by atoms with van der Waals surface area (Å²) < 4.78 is 4.48. The number of hydrogen-bond donors (Lipinski definition) is 2. The SMILES string of the molecule is CN=C(C)C(CCO)=C(N)C(=O)OC. The summed E-state index contributed by atoms with van der Waals surface area (Å²) >= 11 is 0. The Labute approximate surface area is 83.3 Å². The molecule has 0 spiro atoms. The zero-order chi connectivity index (χ0) is 11.1. The number of rotatable bonds is 4. The van der Waals surface area contributed by atoms with Gasteiger partial charge in [0, 0.05) is 24.9 Å². The Kier molecular flexibility index (Phi) is 5.55. The first-order valence-electron chi connectivity index (χ1n) is 4.20. The minimum absolute atomic E-state index is 0.00431. The second-order valence-electron chi connectivity index (χ2n) is 2.67. The van der Waals surface area contributed by atoms with E-state index in [1.165, 1.54) is 7.11 Å². The van der Waals surface area contributed by atoms with Gasteiger partial charge in [0.15, 0.2) is 0 Å². The Morgan fingerprint density at radius 1 is 1.57 bits per heavy atom. The number of nitrogens with two attached hydrogens (primary N) is 1. The Bertz CT molecular complexity index is 269. The fourth-order valence-electron chi connectivity index (χ4n) is 0.990. The molecule has 0 heterocycles. The van der Waals surface area contributed by atoms with E-state index in [9.17, 15) is 4.79 Å². The second-order valence-corrected chi connectivity index (χ2v) is 2.67. The molecule has 0 saturated heterocycles. The van der Waals surface area contributed by atoms with E-state index in [-0.39, 0.29) is 12.3 Å². The molecule has 5 heteroatoms. The highest BCUT2D eigenvalue weighted by Gasteiger charge is 2.13. The van der Waals surface area contributed by atoms with Crippen molar-refractivity contribution in [3.8, 4) is 0 Å². The van der Waals surface area contributed by atoms with Crippen molar-refractivity contribution in [3.05, 3.63) is 11.3 Å². The summed E-state index contributed by atoms with van der Waals surface area (Å²) in [6.07, 6.45) is 0.296. The first kappa shape index (κ1) is 12.6. The summed E-state index contributed by atoms with van der Waals surface area (Å²) in [6.45, 7) is 1.64. The fraction of sp³-hybridized carbons (Fsp3) is 0.556. The molecule has 5 nitrogen and oxygen atoms in total. The number of methoxy groups -OCH3 is 1. The van der Waals surface area contributed by atoms with Gasteiger partial charge in [0.1, 0.15) is 5.70 Å². The van der Waals surface area contributed by atoms with Gasteiger partial charge in [-0.15, -0.1) is 0 Å². The van der Waals surface area contributed by atoms with Crippen molar-refractivity contribution in [2.45, 2.75) is 13.3 Å². The lowest BCUT2D eigenvalue weighted by atomic mass is 10.1. The van der Waals surface area contributed by atoms with Gasteiger partial charge in [0.05, 0.1) is 7.11 Å². The van der Waals surface area contributed by atoms with Crippen LogP contribution in [-0.4, -0.2) is 37.6 Å². The number of hydrogen-bond acceptors (Lipinski definition) is 5. The lowest BCUT2D eigenvalue weighted by Crippen LogP contribution is -2.19. The molecule has 0 amide bonds. The number of nitrogens with zero attached hydrogens (tertiary/aromatic N) is 1. The normalized spacial score (nSPS) is 13.6. The van der Waals surface area contributed by atoms with Crippen LogP contribution in [0.15, 0.2) is 16.3 Å². The highest BCUT2D eigenvalue weighted by molar-refractivity contribution is 6.05. The monoisotopic (exact) mass is 200 g/mol. The smallest absolute Gasteiger partial charge is 0.354 e. The molecule has 3 N–H and O–H groups in total. The van der Waals surface area contributed by atoms with Gasteiger partial charge in [0.25, 0.3) is 0 Å². The Morgan fingerprint density at radius 2 is 2.14 bits per heavy atom. The molecule has 0 aromatic rings. The topological polar surface area (TPSA) is 84.9 Å². The maximum Gasteiger partial charge on any atom is 0.354 e. The molecule has 0 bridgehead atoms. The van der Waals surface area contributed by atoms with Gasteiger partial charge >= 0.3 is 5.97 Å². The van der Waals surface area contributed by atoms with Gasteiger partial charge in [-0.1, -0.05) is 0 Å². The van der Waals surface area contributed by atoms with Crippen LogP contribution >= 0.6 is 0 Å². The molecule has 0 aliphatic rings. The van der Waals surface area contributed by atoms with Gasteiger partial charge in [-0.25, -0.2) is 4.79 Å². The van der Waals surface area contributed by atoms with E-state index in [1.54, 1.807) is 14.0 Å². The summed E-state index contributed by atoms with van der Waals surface area (Å²) in [4.78, 5) is 15.0. The standard InChI is InChI=1S/C9H16N2O3/c1-6(11-2)7(4-5-12)8(10)9(13)14-3/h12H,4-5,10H2,1-3H3. The molecule has 0 aromatic heterocycles. The first-order chi connectivity index (χ1) is 6.58. The van der Waals surface area contributed by atoms with E-state index in [1.807, 2.05) is 0 Å². The zero-order valence-corrected chi connectivity index (χ0v) is 8.70. The molecule has 0 aliphatic heterocycles. The third-order valence-electron chi connectivity index (χ3n) is 1.86. The maximum absolute atomic E-state index is 11.1. The largest absolute Gasteiger partial charge is 0.464 e. The summed E-state index contributed by atoms with van der Waals surface area (Å²) in [6, 6.07) is 0. The molecule has 0 aliphatic carbocycles. The van der Waals surface area contributed by atoms with Gasteiger partial charge in [-0.3, -0.25) is 4.99 Å². The molecule has 0 saturated carbocycles. The molecule has 80 valence electrons. The maximum atomic E-state index is 11.1. The van der Waals surface area contributed by atoms with Crippen molar-refractivity contribution in [1.29, 1.82) is 0 Å². The molecule has 0 fully saturated rings. The van der Waals surface area contributed by atoms with Gasteiger partial charge in [0.2, 0.25) is 0 Å². The van der Waals surface area contributed by atoms with Crippen LogP contribution in [-0.2, 0) is 9.53 Å². The van der Waals surface area contributed by atoms with Crippen LogP contribution in [0.1, 0.15) is 13.3 Å². The summed E-state index contributed by atoms with van der Waals surface area (Å²) in [7, 11) is 2.85. The quantitative estimate of drug-likeness (QED) is 0.375. The van der Waals surface area contributed by atoms with E-state index < -0.39 is 5.97 Å². The number of aliphatic hydroxyl groups is 1. The lowest BCUT2D eigenvalue weighted by Gasteiger charge is -2.08. The van der Waals surface area contributed by atoms with Crippen LogP contribution in [0.25, 0.3) is 0 Å². The van der Waals surface area contributed by atoms with Crippen molar-refractivity contribution in [1.82, 2.24) is 0 Å². The zero-order valence-electron chi connectivity index (χ0n) is 8.70. The predicted molar refractivity (Wildman–Crippen MR) is 54.0 cm³/mol. The highest BCUT2D eigenvalue weighted by Crippen LogP contribution is 2.08. The predicted octanol–water partition coefficient (Wildman–Crippen LogP) is -0.155. The average molecular weight is 200 g/mol. The Balaban J connectivity index is 5.04. The summed E-state index contributed by atoms with van der Waals surface area (Å²) in [5.74, 6) is -0.601. The van der Waals surface area contributed by atoms with Crippen LogP contribution in [0.3, 0.4) is 0 Å². The number of aliphatic hydroxyl groups excluding tert-OH is 1. The van der Waals surface area contributed by atoms with Crippen LogP contribution in [0.2, 0.25) is 0 Å². The molecule has 14 heavy (non-hydrogen) atoms. The van der Waals surface area contributed by atoms with Crippen LogP contribution < -0.4 is 5.73 Å². The summed E-state index contributed by atoms with van der Waals surface area (Å²) in [5, 5.41) is 8.79. The summed E-state index contributed by atoms with van der Waals surface area (Å²) in [5.41, 5.74) is 6.71. The van der Waals surface area contributed by atoms with Crippen molar-refractivity contribution in [2.24, 2.45) is 10.7 Å². The van der Waals surface area contributed by atoms with E-state index in [0.717, 1.165) is 0 Å². The minimum Gasteiger partial charge on any atom is -0.464 e. The molecule has 0 radical (unpaired) electrons. The molecular formula is C9H16N2O3.